The molecule has 1 aliphatic rings. The van der Waals surface area contributed by atoms with Crippen molar-refractivity contribution in [3.63, 3.8) is 0 Å². The SMILES string of the molecule is CN=S1(=O)c2ccccc2C=Cc2ccccc21. The molecule has 0 aromatic heterocycles. The molecule has 2 aromatic rings. The van der Waals surface area contributed by atoms with Crippen LogP contribution in [0.1, 0.15) is 11.1 Å². The Labute approximate surface area is 107 Å². The number of hydrogen-bond donors (Lipinski definition) is 0. The van der Waals surface area contributed by atoms with Crippen LogP contribution in [0.2, 0.25) is 0 Å². The van der Waals surface area contributed by atoms with E-state index in [1.165, 1.54) is 0 Å². The third-order valence-electron chi connectivity index (χ3n) is 3.13. The summed E-state index contributed by atoms with van der Waals surface area (Å²) >= 11 is 0. The van der Waals surface area contributed by atoms with Crippen molar-refractivity contribution in [3.8, 4) is 0 Å². The lowest BCUT2D eigenvalue weighted by Crippen LogP contribution is -2.04. The first kappa shape index (κ1) is 11.2. The Kier molecular flexibility index (Phi) is 2.56. The van der Waals surface area contributed by atoms with Crippen molar-refractivity contribution in [1.82, 2.24) is 0 Å². The highest BCUT2D eigenvalue weighted by Crippen LogP contribution is 2.33. The Bertz CT molecular complexity index is 697. The Balaban J connectivity index is 2.47. The van der Waals surface area contributed by atoms with Crippen LogP contribution in [0.25, 0.3) is 12.2 Å². The van der Waals surface area contributed by atoms with E-state index >= 15 is 0 Å². The average Bonchev–Trinajstić information content (AvgIpc) is 2.56. The summed E-state index contributed by atoms with van der Waals surface area (Å²) in [5.41, 5.74) is 1.95. The first-order valence-electron chi connectivity index (χ1n) is 5.77. The van der Waals surface area contributed by atoms with Gasteiger partial charge in [0.1, 0.15) is 9.73 Å². The van der Waals surface area contributed by atoms with Gasteiger partial charge >= 0.3 is 0 Å². The second-order valence-electron chi connectivity index (χ2n) is 4.12. The summed E-state index contributed by atoms with van der Waals surface area (Å²) in [6.45, 7) is 0. The molecule has 0 bridgehead atoms. The van der Waals surface area contributed by atoms with Crippen molar-refractivity contribution >= 4 is 21.9 Å². The monoisotopic (exact) mass is 255 g/mol. The van der Waals surface area contributed by atoms with Gasteiger partial charge in [-0.25, -0.2) is 8.57 Å². The molecule has 0 N–H and O–H groups in total. The lowest BCUT2D eigenvalue weighted by atomic mass is 10.1. The van der Waals surface area contributed by atoms with Crippen LogP contribution >= 0.6 is 0 Å². The molecule has 3 heteroatoms. The zero-order valence-corrected chi connectivity index (χ0v) is 10.9. The maximum Gasteiger partial charge on any atom is 0.105 e. The van der Waals surface area contributed by atoms with Gasteiger partial charge in [-0.1, -0.05) is 48.6 Å². The Morgan fingerprint density at radius 1 is 0.833 bits per heavy atom. The van der Waals surface area contributed by atoms with Gasteiger partial charge in [0.15, 0.2) is 0 Å². The largest absolute Gasteiger partial charge is 0.240 e. The molecular formula is C15H13NOS. The highest BCUT2D eigenvalue weighted by atomic mass is 32.2. The molecule has 0 amide bonds. The smallest absolute Gasteiger partial charge is 0.105 e. The van der Waals surface area contributed by atoms with Gasteiger partial charge in [-0.2, -0.15) is 0 Å². The second kappa shape index (κ2) is 4.10. The molecule has 3 rings (SSSR count). The Morgan fingerprint density at radius 2 is 1.28 bits per heavy atom. The van der Waals surface area contributed by atoms with Crippen molar-refractivity contribution in [2.24, 2.45) is 4.36 Å². The minimum Gasteiger partial charge on any atom is -0.240 e. The summed E-state index contributed by atoms with van der Waals surface area (Å²) in [6, 6.07) is 15.5. The predicted octanol–water partition coefficient (Wildman–Crippen LogP) is 3.69. The van der Waals surface area contributed by atoms with Crippen LogP contribution in [0.15, 0.2) is 62.7 Å². The minimum absolute atomic E-state index is 0.800. The van der Waals surface area contributed by atoms with Crippen molar-refractivity contribution in [2.75, 3.05) is 7.05 Å². The van der Waals surface area contributed by atoms with Crippen LogP contribution in [0.5, 0.6) is 0 Å². The summed E-state index contributed by atoms with van der Waals surface area (Å²) in [5, 5.41) is 0. The average molecular weight is 255 g/mol. The molecule has 0 atom stereocenters. The highest BCUT2D eigenvalue weighted by molar-refractivity contribution is 7.93. The fraction of sp³-hybridized carbons (Fsp3) is 0.0667. The van der Waals surface area contributed by atoms with E-state index < -0.39 is 9.73 Å². The normalized spacial score (nSPS) is 15.4. The standard InChI is InChI=1S/C15H13NOS/c1-16-18(17)14-8-4-2-6-12(14)10-11-13-7-3-5-9-15(13)18/h2-11H,1H3. The van der Waals surface area contributed by atoms with Gasteiger partial charge in [0.25, 0.3) is 0 Å². The van der Waals surface area contributed by atoms with Gasteiger partial charge in [-0.15, -0.1) is 0 Å². The number of hydrogen-bond acceptors (Lipinski definition) is 2. The van der Waals surface area contributed by atoms with Gasteiger partial charge in [0.2, 0.25) is 0 Å². The van der Waals surface area contributed by atoms with E-state index in [-0.39, 0.29) is 0 Å². The summed E-state index contributed by atoms with van der Waals surface area (Å²) in [6.07, 6.45) is 4.01. The van der Waals surface area contributed by atoms with Gasteiger partial charge in [-0.05, 0) is 23.3 Å². The first-order valence-corrected chi connectivity index (χ1v) is 7.29. The molecule has 18 heavy (non-hydrogen) atoms. The summed E-state index contributed by atoms with van der Waals surface area (Å²) in [5.74, 6) is 0. The van der Waals surface area contributed by atoms with Crippen LogP contribution in [0.3, 0.4) is 0 Å². The molecule has 0 unspecified atom stereocenters. The lowest BCUT2D eigenvalue weighted by Gasteiger charge is -2.12. The molecule has 0 spiro atoms. The maximum atomic E-state index is 13.2. The zero-order valence-electron chi connectivity index (χ0n) is 10.0. The molecular weight excluding hydrogens is 242 g/mol. The van der Waals surface area contributed by atoms with E-state index in [0.717, 1.165) is 20.9 Å². The summed E-state index contributed by atoms with van der Waals surface area (Å²) < 4.78 is 17.4. The van der Waals surface area contributed by atoms with Crippen molar-refractivity contribution in [3.05, 3.63) is 59.7 Å². The first-order chi connectivity index (χ1) is 8.75. The molecule has 0 radical (unpaired) electrons. The fourth-order valence-corrected chi connectivity index (χ4v) is 4.30. The molecule has 0 saturated heterocycles. The van der Waals surface area contributed by atoms with Crippen LogP contribution < -0.4 is 0 Å². The van der Waals surface area contributed by atoms with Crippen molar-refractivity contribution in [2.45, 2.75) is 9.79 Å². The zero-order chi connectivity index (χ0) is 12.6. The summed E-state index contributed by atoms with van der Waals surface area (Å²) in [7, 11) is -0.894. The van der Waals surface area contributed by atoms with E-state index in [4.69, 9.17) is 0 Å². The molecule has 2 aromatic carbocycles. The van der Waals surface area contributed by atoms with Gasteiger partial charge in [-0.3, -0.25) is 0 Å². The van der Waals surface area contributed by atoms with E-state index in [1.807, 2.05) is 60.7 Å². The maximum absolute atomic E-state index is 13.2. The molecule has 1 heterocycles. The quantitative estimate of drug-likeness (QED) is 0.602. The van der Waals surface area contributed by atoms with Crippen LogP contribution in [-0.2, 0) is 9.73 Å². The van der Waals surface area contributed by atoms with Crippen LogP contribution in [0.4, 0.5) is 0 Å². The minimum atomic E-state index is -2.52. The molecule has 2 nitrogen and oxygen atoms in total. The lowest BCUT2D eigenvalue weighted by molar-refractivity contribution is 0.676. The summed E-state index contributed by atoms with van der Waals surface area (Å²) in [4.78, 5) is 1.60. The van der Waals surface area contributed by atoms with E-state index in [1.54, 1.807) is 7.05 Å². The van der Waals surface area contributed by atoms with Crippen molar-refractivity contribution in [1.29, 1.82) is 0 Å². The number of fused-ring (bicyclic) bond motifs is 2. The molecule has 0 fully saturated rings. The number of rotatable bonds is 0. The Hall–Kier alpha value is -1.87. The molecule has 0 aliphatic carbocycles. The molecule has 90 valence electrons. The fourth-order valence-electron chi connectivity index (χ4n) is 2.24. The van der Waals surface area contributed by atoms with E-state index in [2.05, 4.69) is 4.36 Å². The van der Waals surface area contributed by atoms with E-state index in [9.17, 15) is 4.21 Å². The third kappa shape index (κ3) is 1.51. The second-order valence-corrected chi connectivity index (χ2v) is 6.41. The predicted molar refractivity (Wildman–Crippen MR) is 74.8 cm³/mol. The highest BCUT2D eigenvalue weighted by Gasteiger charge is 2.21. The third-order valence-corrected chi connectivity index (χ3v) is 5.58. The van der Waals surface area contributed by atoms with Crippen LogP contribution in [-0.4, -0.2) is 11.3 Å². The van der Waals surface area contributed by atoms with E-state index in [0.29, 0.717) is 0 Å². The number of benzene rings is 2. The van der Waals surface area contributed by atoms with Crippen LogP contribution in [0, 0.1) is 0 Å². The topological polar surface area (TPSA) is 29.4 Å². The van der Waals surface area contributed by atoms with Crippen molar-refractivity contribution < 1.29 is 4.21 Å². The Morgan fingerprint density at radius 3 is 1.72 bits per heavy atom. The van der Waals surface area contributed by atoms with Gasteiger partial charge in [0, 0.05) is 7.05 Å². The molecule has 1 aliphatic heterocycles. The van der Waals surface area contributed by atoms with Gasteiger partial charge in [0.05, 0.1) is 9.79 Å². The number of nitrogens with zero attached hydrogens (tertiary/aromatic N) is 1. The molecule has 0 saturated carbocycles. The van der Waals surface area contributed by atoms with Gasteiger partial charge < -0.3 is 0 Å².